The van der Waals surface area contributed by atoms with E-state index in [1.165, 1.54) is 16.0 Å². The van der Waals surface area contributed by atoms with Gasteiger partial charge in [0.25, 0.3) is 0 Å². The van der Waals surface area contributed by atoms with Crippen LogP contribution in [0.5, 0.6) is 0 Å². The molecule has 2 atom stereocenters. The second kappa shape index (κ2) is 7.79. The lowest BCUT2D eigenvalue weighted by Gasteiger charge is -2.21. The second-order valence-corrected chi connectivity index (χ2v) is 7.82. The minimum atomic E-state index is -0.0469. The molecule has 0 radical (unpaired) electrons. The monoisotopic (exact) mass is 359 g/mol. The quantitative estimate of drug-likeness (QED) is 0.709. The zero-order chi connectivity index (χ0) is 17.8. The van der Waals surface area contributed by atoms with Crippen molar-refractivity contribution >= 4 is 17.7 Å². The summed E-state index contributed by atoms with van der Waals surface area (Å²) in [5, 5.41) is 3.25. The summed E-state index contributed by atoms with van der Waals surface area (Å²) in [7, 11) is 0. The Morgan fingerprint density at radius 1 is 0.923 bits per heavy atom. The number of hydrogen-bond acceptors (Lipinski definition) is 2. The van der Waals surface area contributed by atoms with E-state index in [-0.39, 0.29) is 17.2 Å². The van der Waals surface area contributed by atoms with E-state index in [1.807, 2.05) is 48.5 Å². The number of carbonyl (C=O) groups is 1. The van der Waals surface area contributed by atoms with Gasteiger partial charge < -0.3 is 5.32 Å². The van der Waals surface area contributed by atoms with Gasteiger partial charge in [-0.1, -0.05) is 78.9 Å². The Balaban J connectivity index is 1.51. The third-order valence-corrected chi connectivity index (χ3v) is 6.06. The van der Waals surface area contributed by atoms with Crippen LogP contribution < -0.4 is 5.32 Å². The summed E-state index contributed by atoms with van der Waals surface area (Å²) in [5.74, 6) is 0.121. The molecule has 3 aromatic carbocycles. The van der Waals surface area contributed by atoms with Crippen molar-refractivity contribution in [3.8, 4) is 0 Å². The molecule has 0 bridgehead atoms. The summed E-state index contributed by atoms with van der Waals surface area (Å²) in [6, 6.07) is 28.9. The molecule has 26 heavy (non-hydrogen) atoms. The van der Waals surface area contributed by atoms with E-state index in [9.17, 15) is 4.79 Å². The van der Waals surface area contributed by atoms with E-state index in [2.05, 4.69) is 41.7 Å². The lowest BCUT2D eigenvalue weighted by molar-refractivity contribution is -0.121. The first-order valence-corrected chi connectivity index (χ1v) is 9.81. The molecule has 4 rings (SSSR count). The standard InChI is InChI=1S/C23H21NOS/c25-23(22-16-19-13-7-8-14-21(19)26-22)24-20(18-11-5-2-6-12-18)15-17-9-3-1-4-10-17/h1-14,20,22H,15-16H2,(H,24,25)/t20-,22-/m0/s1. The van der Waals surface area contributed by atoms with E-state index in [0.29, 0.717) is 0 Å². The maximum atomic E-state index is 13.0. The van der Waals surface area contributed by atoms with Crippen molar-refractivity contribution in [2.75, 3.05) is 0 Å². The average molecular weight is 359 g/mol. The van der Waals surface area contributed by atoms with Crippen LogP contribution in [0, 0.1) is 0 Å². The highest BCUT2D eigenvalue weighted by atomic mass is 32.2. The van der Waals surface area contributed by atoms with Crippen molar-refractivity contribution in [2.45, 2.75) is 29.0 Å². The van der Waals surface area contributed by atoms with E-state index in [0.717, 1.165) is 18.4 Å². The van der Waals surface area contributed by atoms with Crippen LogP contribution in [0.25, 0.3) is 0 Å². The van der Waals surface area contributed by atoms with Gasteiger partial charge in [-0.2, -0.15) is 0 Å². The second-order valence-electron chi connectivity index (χ2n) is 6.58. The molecule has 0 saturated heterocycles. The number of amides is 1. The first-order valence-electron chi connectivity index (χ1n) is 8.93. The van der Waals surface area contributed by atoms with Crippen LogP contribution in [0.3, 0.4) is 0 Å². The van der Waals surface area contributed by atoms with Crippen LogP contribution >= 0.6 is 11.8 Å². The zero-order valence-electron chi connectivity index (χ0n) is 14.5. The lowest BCUT2D eigenvalue weighted by atomic mass is 9.98. The normalized spacial score (nSPS) is 16.7. The first kappa shape index (κ1) is 16.9. The Labute approximate surface area is 158 Å². The summed E-state index contributed by atoms with van der Waals surface area (Å²) in [6.07, 6.45) is 1.60. The number of carbonyl (C=O) groups excluding carboxylic acids is 1. The van der Waals surface area contributed by atoms with Crippen molar-refractivity contribution in [1.29, 1.82) is 0 Å². The van der Waals surface area contributed by atoms with Crippen molar-refractivity contribution in [3.05, 3.63) is 102 Å². The molecule has 130 valence electrons. The van der Waals surface area contributed by atoms with Gasteiger partial charge in [0.15, 0.2) is 0 Å². The summed E-state index contributed by atoms with van der Waals surface area (Å²) in [5.41, 5.74) is 3.64. The molecule has 0 fully saturated rings. The van der Waals surface area contributed by atoms with Crippen LogP contribution in [0.1, 0.15) is 22.7 Å². The van der Waals surface area contributed by atoms with Crippen LogP contribution in [-0.4, -0.2) is 11.2 Å². The van der Waals surface area contributed by atoms with Crippen molar-refractivity contribution in [1.82, 2.24) is 5.32 Å². The molecule has 3 aromatic rings. The Hall–Kier alpha value is -2.52. The highest BCUT2D eigenvalue weighted by molar-refractivity contribution is 8.01. The molecule has 1 heterocycles. The molecular weight excluding hydrogens is 338 g/mol. The van der Waals surface area contributed by atoms with Crippen molar-refractivity contribution in [2.24, 2.45) is 0 Å². The first-order chi connectivity index (χ1) is 12.8. The van der Waals surface area contributed by atoms with Gasteiger partial charge in [0, 0.05) is 4.90 Å². The molecule has 0 spiro atoms. The van der Waals surface area contributed by atoms with Gasteiger partial charge >= 0.3 is 0 Å². The fraction of sp³-hybridized carbons (Fsp3) is 0.174. The molecule has 0 unspecified atom stereocenters. The molecule has 3 heteroatoms. The molecule has 1 amide bonds. The molecule has 2 nitrogen and oxygen atoms in total. The van der Waals surface area contributed by atoms with Gasteiger partial charge in [-0.15, -0.1) is 11.8 Å². The number of thioether (sulfide) groups is 1. The van der Waals surface area contributed by atoms with Crippen LogP contribution in [0.15, 0.2) is 89.8 Å². The molecule has 0 aliphatic carbocycles. The van der Waals surface area contributed by atoms with Gasteiger partial charge in [0.1, 0.15) is 0 Å². The number of rotatable bonds is 5. The number of nitrogens with one attached hydrogen (secondary N) is 1. The Bertz CT molecular complexity index is 854. The molecule has 1 aliphatic rings. The smallest absolute Gasteiger partial charge is 0.234 e. The predicted molar refractivity (Wildman–Crippen MR) is 107 cm³/mol. The number of benzene rings is 3. The minimum Gasteiger partial charge on any atom is -0.348 e. The summed E-state index contributed by atoms with van der Waals surface area (Å²) in [6.45, 7) is 0. The highest BCUT2D eigenvalue weighted by Gasteiger charge is 2.29. The molecule has 0 saturated carbocycles. The lowest BCUT2D eigenvalue weighted by Crippen LogP contribution is -2.36. The van der Waals surface area contributed by atoms with Gasteiger partial charge in [-0.05, 0) is 35.6 Å². The third-order valence-electron chi connectivity index (χ3n) is 4.74. The predicted octanol–water partition coefficient (Wildman–Crippen LogP) is 4.80. The minimum absolute atomic E-state index is 0.0181. The number of hydrogen-bond donors (Lipinski definition) is 1. The van der Waals surface area contributed by atoms with Crippen LogP contribution in [0.2, 0.25) is 0 Å². The van der Waals surface area contributed by atoms with E-state index < -0.39 is 0 Å². The third kappa shape index (κ3) is 3.83. The largest absolute Gasteiger partial charge is 0.348 e. The Morgan fingerprint density at radius 3 is 2.31 bits per heavy atom. The Kier molecular flexibility index (Phi) is 5.07. The molecular formula is C23H21NOS. The van der Waals surface area contributed by atoms with Gasteiger partial charge in [-0.3, -0.25) is 4.79 Å². The van der Waals surface area contributed by atoms with E-state index in [4.69, 9.17) is 0 Å². The van der Waals surface area contributed by atoms with E-state index >= 15 is 0 Å². The SMILES string of the molecule is O=C(N[C@@H](Cc1ccccc1)c1ccccc1)[C@@H]1Cc2ccccc2S1. The topological polar surface area (TPSA) is 29.1 Å². The van der Waals surface area contributed by atoms with Gasteiger partial charge in [-0.25, -0.2) is 0 Å². The maximum absolute atomic E-state index is 13.0. The van der Waals surface area contributed by atoms with Crippen molar-refractivity contribution < 1.29 is 4.79 Å². The molecule has 0 aromatic heterocycles. The zero-order valence-corrected chi connectivity index (χ0v) is 15.3. The molecule has 1 N–H and O–H groups in total. The summed E-state index contributed by atoms with van der Waals surface area (Å²) < 4.78 is 0. The maximum Gasteiger partial charge on any atom is 0.234 e. The fourth-order valence-electron chi connectivity index (χ4n) is 3.38. The Morgan fingerprint density at radius 2 is 1.58 bits per heavy atom. The summed E-state index contributed by atoms with van der Waals surface area (Å²) >= 11 is 1.68. The average Bonchev–Trinajstić information content (AvgIpc) is 3.13. The molecule has 1 aliphatic heterocycles. The van der Waals surface area contributed by atoms with Gasteiger partial charge in [0.2, 0.25) is 5.91 Å². The number of fused-ring (bicyclic) bond motifs is 1. The van der Waals surface area contributed by atoms with Crippen LogP contribution in [0.4, 0.5) is 0 Å². The van der Waals surface area contributed by atoms with Gasteiger partial charge in [0.05, 0.1) is 11.3 Å². The van der Waals surface area contributed by atoms with E-state index in [1.54, 1.807) is 11.8 Å². The highest BCUT2D eigenvalue weighted by Crippen LogP contribution is 2.37. The fourth-order valence-corrected chi connectivity index (χ4v) is 4.58. The summed E-state index contributed by atoms with van der Waals surface area (Å²) in [4.78, 5) is 14.2. The van der Waals surface area contributed by atoms with Crippen molar-refractivity contribution in [3.63, 3.8) is 0 Å². The van der Waals surface area contributed by atoms with Crippen LogP contribution in [-0.2, 0) is 17.6 Å².